The van der Waals surface area contributed by atoms with Crippen molar-refractivity contribution in [1.29, 1.82) is 0 Å². The third kappa shape index (κ3) is 2.65. The molecule has 1 aromatic rings. The van der Waals surface area contributed by atoms with Crippen LogP contribution in [0.25, 0.3) is 0 Å². The molecule has 0 aliphatic heterocycles. The smallest absolute Gasteiger partial charge is 0.488 e. The summed E-state index contributed by atoms with van der Waals surface area (Å²) in [6.07, 6.45) is 0.907. The highest BCUT2D eigenvalue weighted by atomic mass is 16.5. The summed E-state index contributed by atoms with van der Waals surface area (Å²) in [5.74, 6) is 0.580. The van der Waals surface area contributed by atoms with Gasteiger partial charge in [0.2, 0.25) is 0 Å². The molecule has 0 unspecified atom stereocenters. The lowest BCUT2D eigenvalue weighted by Crippen LogP contribution is -2.29. The lowest BCUT2D eigenvalue weighted by molar-refractivity contribution is 0.319. The van der Waals surface area contributed by atoms with E-state index in [0.29, 0.717) is 23.5 Å². The lowest BCUT2D eigenvalue weighted by atomic mass is 9.80. The topological polar surface area (TPSA) is 75.7 Å². The second kappa shape index (κ2) is 4.88. The van der Waals surface area contributed by atoms with Gasteiger partial charge in [0.1, 0.15) is 5.75 Å². The first-order valence-corrected chi connectivity index (χ1v) is 4.53. The quantitative estimate of drug-likeness (QED) is 0.456. The zero-order valence-corrected chi connectivity index (χ0v) is 8.10. The van der Waals surface area contributed by atoms with Crippen molar-refractivity contribution < 1.29 is 14.8 Å². The lowest BCUT2D eigenvalue weighted by Gasteiger charge is -2.09. The summed E-state index contributed by atoms with van der Waals surface area (Å²) in [6.45, 7) is 2.60. The minimum atomic E-state index is -1.49. The molecule has 0 heterocycles. The third-order valence-electron chi connectivity index (χ3n) is 1.79. The molecule has 0 amide bonds. The molecule has 0 aliphatic rings. The van der Waals surface area contributed by atoms with Crippen molar-refractivity contribution in [2.75, 3.05) is 12.3 Å². The Balaban J connectivity index is 2.79. The molecule has 4 N–H and O–H groups in total. The number of rotatable bonds is 4. The maximum Gasteiger partial charge on any atom is 0.488 e. The first kappa shape index (κ1) is 10.9. The minimum absolute atomic E-state index is 0.367. The van der Waals surface area contributed by atoms with Gasteiger partial charge in [-0.15, -0.1) is 0 Å². The standard InChI is InChI=1S/C9H14BNO3/c1-2-5-14-9-4-3-7(10(12)13)6-8(9)11/h3-4,6,12-13H,2,5,11H2,1H3. The van der Waals surface area contributed by atoms with Gasteiger partial charge in [-0.3, -0.25) is 0 Å². The van der Waals surface area contributed by atoms with Crippen LogP contribution in [0.15, 0.2) is 18.2 Å². The number of benzene rings is 1. The Bertz CT molecular complexity index is 304. The van der Waals surface area contributed by atoms with Crippen LogP contribution in [0.4, 0.5) is 5.69 Å². The average Bonchev–Trinajstić information content (AvgIpc) is 2.15. The van der Waals surface area contributed by atoms with Crippen LogP contribution in [0.5, 0.6) is 5.75 Å². The van der Waals surface area contributed by atoms with E-state index < -0.39 is 7.12 Å². The summed E-state index contributed by atoms with van der Waals surface area (Å²) >= 11 is 0. The molecule has 0 bridgehead atoms. The van der Waals surface area contributed by atoms with Crippen LogP contribution in [-0.2, 0) is 0 Å². The SMILES string of the molecule is CCCOc1ccc(B(O)O)cc1N. The van der Waals surface area contributed by atoms with Crippen LogP contribution in [0.2, 0.25) is 0 Å². The van der Waals surface area contributed by atoms with Crippen LogP contribution in [0.3, 0.4) is 0 Å². The normalized spacial score (nSPS) is 9.93. The molecule has 4 nitrogen and oxygen atoms in total. The highest BCUT2D eigenvalue weighted by molar-refractivity contribution is 6.58. The van der Waals surface area contributed by atoms with E-state index in [1.165, 1.54) is 6.07 Å². The number of nitrogen functional groups attached to an aromatic ring is 1. The third-order valence-corrected chi connectivity index (χ3v) is 1.79. The Hall–Kier alpha value is -1.20. The van der Waals surface area contributed by atoms with E-state index in [-0.39, 0.29) is 0 Å². The number of hydrogen-bond donors (Lipinski definition) is 3. The molecule has 0 aliphatic carbocycles. The fourth-order valence-corrected chi connectivity index (χ4v) is 1.07. The zero-order chi connectivity index (χ0) is 10.6. The van der Waals surface area contributed by atoms with Crippen molar-refractivity contribution in [3.8, 4) is 5.75 Å². The summed E-state index contributed by atoms with van der Waals surface area (Å²) in [5.41, 5.74) is 6.44. The van der Waals surface area contributed by atoms with Gasteiger partial charge in [0.25, 0.3) is 0 Å². The van der Waals surface area contributed by atoms with Gasteiger partial charge in [-0.2, -0.15) is 0 Å². The Labute approximate surface area is 83.5 Å². The zero-order valence-electron chi connectivity index (χ0n) is 8.10. The molecule has 0 atom stereocenters. The highest BCUT2D eigenvalue weighted by Gasteiger charge is 2.12. The van der Waals surface area contributed by atoms with E-state index in [9.17, 15) is 0 Å². The number of ether oxygens (including phenoxy) is 1. The van der Waals surface area contributed by atoms with Gasteiger partial charge in [-0.25, -0.2) is 0 Å². The van der Waals surface area contributed by atoms with Crippen LogP contribution in [0.1, 0.15) is 13.3 Å². The molecule has 5 heteroatoms. The van der Waals surface area contributed by atoms with E-state index in [1.807, 2.05) is 6.92 Å². The maximum atomic E-state index is 8.87. The number of nitrogens with two attached hydrogens (primary N) is 1. The molecular formula is C9H14BNO3. The molecule has 0 spiro atoms. The van der Waals surface area contributed by atoms with E-state index in [1.54, 1.807) is 12.1 Å². The maximum absolute atomic E-state index is 8.87. The molecule has 1 aromatic carbocycles. The van der Waals surface area contributed by atoms with E-state index in [0.717, 1.165) is 6.42 Å². The Morgan fingerprint density at radius 3 is 2.64 bits per heavy atom. The minimum Gasteiger partial charge on any atom is -0.491 e. The Kier molecular flexibility index (Phi) is 3.79. The molecule has 0 fully saturated rings. The molecule has 0 saturated carbocycles. The van der Waals surface area contributed by atoms with E-state index in [4.69, 9.17) is 20.5 Å². The van der Waals surface area contributed by atoms with Gasteiger partial charge < -0.3 is 20.5 Å². The first-order chi connectivity index (χ1) is 6.65. The van der Waals surface area contributed by atoms with Gasteiger partial charge in [-0.1, -0.05) is 13.0 Å². The average molecular weight is 195 g/mol. The van der Waals surface area contributed by atoms with Gasteiger partial charge in [0.05, 0.1) is 12.3 Å². The molecule has 76 valence electrons. The Morgan fingerprint density at radius 1 is 1.43 bits per heavy atom. The molecule has 0 radical (unpaired) electrons. The van der Waals surface area contributed by atoms with Crippen LogP contribution < -0.4 is 15.9 Å². The fraction of sp³-hybridized carbons (Fsp3) is 0.333. The number of anilines is 1. The first-order valence-electron chi connectivity index (χ1n) is 4.53. The molecule has 0 saturated heterocycles. The van der Waals surface area contributed by atoms with Gasteiger partial charge >= 0.3 is 7.12 Å². The summed E-state index contributed by atoms with van der Waals surface area (Å²) in [6, 6.07) is 4.71. The van der Waals surface area contributed by atoms with Crippen molar-refractivity contribution in [3.05, 3.63) is 18.2 Å². The molecule has 0 aromatic heterocycles. The summed E-state index contributed by atoms with van der Waals surface area (Å²) in [7, 11) is -1.49. The van der Waals surface area contributed by atoms with Crippen molar-refractivity contribution in [2.45, 2.75) is 13.3 Å². The van der Waals surface area contributed by atoms with Crippen molar-refractivity contribution in [1.82, 2.24) is 0 Å². The summed E-state index contributed by atoms with van der Waals surface area (Å²) in [4.78, 5) is 0. The van der Waals surface area contributed by atoms with Gasteiger partial charge in [-0.05, 0) is 24.0 Å². The number of hydrogen-bond acceptors (Lipinski definition) is 4. The largest absolute Gasteiger partial charge is 0.491 e. The van der Waals surface area contributed by atoms with Crippen LogP contribution in [-0.4, -0.2) is 23.8 Å². The second-order valence-corrected chi connectivity index (χ2v) is 3.02. The summed E-state index contributed by atoms with van der Waals surface area (Å²) in [5, 5.41) is 17.7. The predicted molar refractivity (Wildman–Crippen MR) is 56.5 cm³/mol. The fourth-order valence-electron chi connectivity index (χ4n) is 1.07. The van der Waals surface area contributed by atoms with Crippen molar-refractivity contribution >= 4 is 18.3 Å². The second-order valence-electron chi connectivity index (χ2n) is 3.02. The summed E-state index contributed by atoms with van der Waals surface area (Å²) < 4.78 is 5.33. The van der Waals surface area contributed by atoms with Crippen LogP contribution >= 0.6 is 0 Å². The van der Waals surface area contributed by atoms with Crippen molar-refractivity contribution in [3.63, 3.8) is 0 Å². The molecular weight excluding hydrogens is 181 g/mol. The van der Waals surface area contributed by atoms with E-state index >= 15 is 0 Å². The van der Waals surface area contributed by atoms with Crippen LogP contribution in [0, 0.1) is 0 Å². The van der Waals surface area contributed by atoms with Gasteiger partial charge in [0.15, 0.2) is 0 Å². The predicted octanol–water partition coefficient (Wildman–Crippen LogP) is -0.263. The Morgan fingerprint density at radius 2 is 2.14 bits per heavy atom. The molecule has 14 heavy (non-hydrogen) atoms. The van der Waals surface area contributed by atoms with Gasteiger partial charge in [0, 0.05) is 0 Å². The molecule has 1 rings (SSSR count). The monoisotopic (exact) mass is 195 g/mol. The highest BCUT2D eigenvalue weighted by Crippen LogP contribution is 2.18. The van der Waals surface area contributed by atoms with E-state index in [2.05, 4.69) is 0 Å². The van der Waals surface area contributed by atoms with Crippen molar-refractivity contribution in [2.24, 2.45) is 0 Å².